The molecule has 5 nitrogen and oxygen atoms in total. The maximum atomic E-state index is 12.7. The van der Waals surface area contributed by atoms with E-state index in [0.29, 0.717) is 0 Å². The van der Waals surface area contributed by atoms with Gasteiger partial charge in [-0.15, -0.1) is 0 Å². The number of pyridine rings is 1. The van der Waals surface area contributed by atoms with Crippen LogP contribution in [-0.2, 0) is 13.1 Å². The minimum Gasteiger partial charge on any atom is -0.321 e. The van der Waals surface area contributed by atoms with Gasteiger partial charge in [-0.05, 0) is 55.4 Å². The van der Waals surface area contributed by atoms with Crippen LogP contribution in [0.5, 0.6) is 0 Å². The van der Waals surface area contributed by atoms with Crippen LogP contribution in [0, 0.1) is 0 Å². The average Bonchev–Trinajstić information content (AvgIpc) is 2.70. The largest absolute Gasteiger partial charge is 0.321 e. The minimum atomic E-state index is -0.0281. The van der Waals surface area contributed by atoms with Crippen molar-refractivity contribution in [2.75, 3.05) is 47.3 Å². The van der Waals surface area contributed by atoms with Gasteiger partial charge >= 0.3 is 0 Å². The number of nitrogens with zero attached hydrogens (tertiary/aromatic N) is 3. The first-order valence-corrected chi connectivity index (χ1v) is 10.3. The van der Waals surface area contributed by atoms with Crippen LogP contribution >= 0.6 is 0 Å². The van der Waals surface area contributed by atoms with Gasteiger partial charge in [0.05, 0.1) is 0 Å². The van der Waals surface area contributed by atoms with Crippen molar-refractivity contribution in [2.45, 2.75) is 13.1 Å². The van der Waals surface area contributed by atoms with Gasteiger partial charge in [-0.1, -0.05) is 36.4 Å². The third-order valence-corrected chi connectivity index (χ3v) is 5.73. The second-order valence-corrected chi connectivity index (χ2v) is 8.40. The molecule has 152 valence electrons. The number of aromatic amines is 1. The molecule has 29 heavy (non-hydrogen) atoms. The number of H-pyrrole nitrogens is 1. The first-order valence-electron chi connectivity index (χ1n) is 10.3. The lowest BCUT2D eigenvalue weighted by Gasteiger charge is -2.32. The van der Waals surface area contributed by atoms with Gasteiger partial charge in [0.15, 0.2) is 0 Å². The third kappa shape index (κ3) is 4.58. The summed E-state index contributed by atoms with van der Waals surface area (Å²) in [5.74, 6) is 0. The molecule has 4 rings (SSSR count). The van der Waals surface area contributed by atoms with E-state index in [-0.39, 0.29) is 5.56 Å². The maximum absolute atomic E-state index is 12.7. The van der Waals surface area contributed by atoms with E-state index in [1.165, 1.54) is 11.1 Å². The summed E-state index contributed by atoms with van der Waals surface area (Å²) in [5.41, 5.74) is 4.38. The molecule has 1 aliphatic rings. The average molecular weight is 391 g/mol. The summed E-state index contributed by atoms with van der Waals surface area (Å²) in [6.07, 6.45) is 0. The first kappa shape index (κ1) is 19.8. The van der Waals surface area contributed by atoms with Crippen LogP contribution in [0.1, 0.15) is 11.1 Å². The Balaban J connectivity index is 1.60. The fourth-order valence-corrected chi connectivity index (χ4v) is 4.04. The lowest BCUT2D eigenvalue weighted by molar-refractivity contribution is 0.148. The maximum Gasteiger partial charge on any atom is 0.256 e. The highest BCUT2D eigenvalue weighted by molar-refractivity contribution is 5.88. The van der Waals surface area contributed by atoms with E-state index in [1.54, 1.807) is 0 Å². The Kier molecular flexibility index (Phi) is 5.81. The van der Waals surface area contributed by atoms with E-state index in [9.17, 15) is 4.79 Å². The molecule has 1 saturated heterocycles. The van der Waals surface area contributed by atoms with E-state index < -0.39 is 0 Å². The molecule has 0 radical (unpaired) electrons. The normalized spacial score (nSPS) is 16.0. The van der Waals surface area contributed by atoms with Crippen molar-refractivity contribution in [2.24, 2.45) is 0 Å². The molecule has 0 spiro atoms. The number of nitrogens with one attached hydrogen (secondary N) is 1. The van der Waals surface area contributed by atoms with Crippen LogP contribution in [0.25, 0.3) is 22.0 Å². The molecule has 1 N–H and O–H groups in total. The number of rotatable bonds is 5. The Bertz CT molecular complexity index is 1030. The van der Waals surface area contributed by atoms with Crippen LogP contribution in [0.3, 0.4) is 0 Å². The quantitative estimate of drug-likeness (QED) is 0.727. The van der Waals surface area contributed by atoms with Gasteiger partial charge in [0.2, 0.25) is 0 Å². The van der Waals surface area contributed by atoms with Crippen LogP contribution in [0.2, 0.25) is 0 Å². The van der Waals surface area contributed by atoms with Crippen LogP contribution in [-0.4, -0.2) is 67.0 Å². The lowest BCUT2D eigenvalue weighted by atomic mass is 10.0. The summed E-state index contributed by atoms with van der Waals surface area (Å²) in [5, 5.41) is 1.78. The molecule has 2 aromatic carbocycles. The van der Waals surface area contributed by atoms with Crippen LogP contribution in [0.4, 0.5) is 0 Å². The number of benzene rings is 2. The van der Waals surface area contributed by atoms with Crippen molar-refractivity contribution >= 4 is 10.8 Å². The summed E-state index contributed by atoms with van der Waals surface area (Å²) in [7, 11) is 6.28. The van der Waals surface area contributed by atoms with E-state index in [2.05, 4.69) is 63.1 Å². The van der Waals surface area contributed by atoms with Crippen molar-refractivity contribution in [3.63, 3.8) is 0 Å². The molecular weight excluding hydrogens is 360 g/mol. The summed E-state index contributed by atoms with van der Waals surface area (Å²) >= 11 is 0. The minimum absolute atomic E-state index is 0.0281. The monoisotopic (exact) mass is 390 g/mol. The number of hydrogen-bond donors (Lipinski definition) is 1. The van der Waals surface area contributed by atoms with E-state index >= 15 is 0 Å². The van der Waals surface area contributed by atoms with E-state index in [1.807, 2.05) is 26.2 Å². The molecule has 0 unspecified atom stereocenters. The summed E-state index contributed by atoms with van der Waals surface area (Å²) in [6, 6.07) is 16.7. The molecule has 1 fully saturated rings. The smallest absolute Gasteiger partial charge is 0.256 e. The van der Waals surface area contributed by atoms with Crippen LogP contribution in [0.15, 0.2) is 53.3 Å². The first-order chi connectivity index (χ1) is 14.0. The molecule has 0 atom stereocenters. The zero-order valence-electron chi connectivity index (χ0n) is 17.6. The fourth-order valence-electron chi connectivity index (χ4n) is 4.04. The Morgan fingerprint density at radius 3 is 2.38 bits per heavy atom. The summed E-state index contributed by atoms with van der Waals surface area (Å²) < 4.78 is 0. The second-order valence-electron chi connectivity index (χ2n) is 8.40. The Hall–Kier alpha value is -2.47. The number of hydrogen-bond acceptors (Lipinski definition) is 4. The molecule has 1 aliphatic heterocycles. The molecule has 0 amide bonds. The van der Waals surface area contributed by atoms with Crippen molar-refractivity contribution in [3.05, 3.63) is 70.0 Å². The van der Waals surface area contributed by atoms with E-state index in [0.717, 1.165) is 61.3 Å². The fraction of sp³-hybridized carbons (Fsp3) is 0.375. The SMILES string of the molecule is CN(C)Cc1cccc2c(=O)[nH]c(-c3ccc(CN4CCN(C)CC4)cc3)cc12. The Morgan fingerprint density at radius 2 is 1.69 bits per heavy atom. The van der Waals surface area contributed by atoms with E-state index in [4.69, 9.17) is 0 Å². The number of aromatic nitrogens is 1. The van der Waals surface area contributed by atoms with Gasteiger partial charge in [0.25, 0.3) is 5.56 Å². The Labute approximate surface area is 172 Å². The Morgan fingerprint density at radius 1 is 0.966 bits per heavy atom. The van der Waals surface area contributed by atoms with Crippen molar-refractivity contribution in [1.29, 1.82) is 0 Å². The highest BCUT2D eigenvalue weighted by atomic mass is 16.1. The second kappa shape index (κ2) is 8.49. The van der Waals surface area contributed by atoms with Crippen molar-refractivity contribution in [3.8, 4) is 11.3 Å². The topological polar surface area (TPSA) is 42.6 Å². The molecule has 0 aliphatic carbocycles. The van der Waals surface area contributed by atoms with Gasteiger partial charge in [-0.3, -0.25) is 9.69 Å². The number of piperazine rings is 1. The zero-order chi connectivity index (χ0) is 20.4. The lowest BCUT2D eigenvalue weighted by Crippen LogP contribution is -2.43. The molecule has 2 heterocycles. The molecule has 5 heteroatoms. The molecule has 3 aromatic rings. The predicted molar refractivity (Wildman–Crippen MR) is 120 cm³/mol. The highest BCUT2D eigenvalue weighted by Crippen LogP contribution is 2.24. The van der Waals surface area contributed by atoms with Gasteiger partial charge in [-0.2, -0.15) is 0 Å². The van der Waals surface area contributed by atoms with Crippen molar-refractivity contribution < 1.29 is 0 Å². The molecule has 1 aromatic heterocycles. The number of fused-ring (bicyclic) bond motifs is 1. The van der Waals surface area contributed by atoms with Crippen LogP contribution < -0.4 is 5.56 Å². The van der Waals surface area contributed by atoms with Crippen molar-refractivity contribution in [1.82, 2.24) is 19.7 Å². The highest BCUT2D eigenvalue weighted by Gasteiger charge is 2.14. The van der Waals surface area contributed by atoms with Gasteiger partial charge in [0, 0.05) is 50.3 Å². The predicted octanol–water partition coefficient (Wildman–Crippen LogP) is 3.00. The summed E-state index contributed by atoms with van der Waals surface area (Å²) in [6.45, 7) is 6.28. The third-order valence-electron chi connectivity index (χ3n) is 5.73. The molecular formula is C24H30N4O. The molecule has 0 saturated carbocycles. The number of likely N-dealkylation sites (N-methyl/N-ethyl adjacent to an activating group) is 1. The molecule has 0 bridgehead atoms. The standard InChI is InChI=1S/C24H30N4O/c1-26(2)17-20-5-4-6-21-22(20)15-23(25-24(21)29)19-9-7-18(8-10-19)16-28-13-11-27(3)12-14-28/h4-10,15H,11-14,16-17H2,1-3H3,(H,25,29). The van der Waals surface area contributed by atoms with Gasteiger partial charge in [-0.25, -0.2) is 0 Å². The summed E-state index contributed by atoms with van der Waals surface area (Å²) in [4.78, 5) is 22.8. The zero-order valence-corrected chi connectivity index (χ0v) is 17.6. The van der Waals surface area contributed by atoms with Gasteiger partial charge < -0.3 is 14.8 Å². The van der Waals surface area contributed by atoms with Gasteiger partial charge in [0.1, 0.15) is 0 Å².